The molecule has 1 fully saturated rings. The van der Waals surface area contributed by atoms with E-state index in [1.807, 2.05) is 26.0 Å². The SMILES string of the molecule is COc1ccccc1NC(=O)C1(C(=O)NCC(C)C)CC1. The number of hydrogen-bond acceptors (Lipinski definition) is 3. The fourth-order valence-electron chi connectivity index (χ4n) is 2.14. The van der Waals surface area contributed by atoms with Crippen molar-refractivity contribution >= 4 is 17.5 Å². The molecule has 2 amide bonds. The fourth-order valence-corrected chi connectivity index (χ4v) is 2.14. The minimum atomic E-state index is -0.907. The number of carbonyl (C=O) groups excluding carboxylic acids is 2. The standard InChI is InChI=1S/C16H22N2O3/c1-11(2)10-17-14(19)16(8-9-16)15(20)18-12-6-4-5-7-13(12)21-3/h4-7,11H,8-10H2,1-3H3,(H,17,19)(H,18,20). The highest BCUT2D eigenvalue weighted by Crippen LogP contribution is 2.47. The zero-order valence-corrected chi connectivity index (χ0v) is 12.7. The van der Waals surface area contributed by atoms with Crippen LogP contribution in [-0.4, -0.2) is 25.5 Å². The summed E-state index contributed by atoms with van der Waals surface area (Å²) in [6.45, 7) is 4.63. The Bertz CT molecular complexity index is 536. The van der Waals surface area contributed by atoms with E-state index in [1.165, 1.54) is 0 Å². The first-order valence-corrected chi connectivity index (χ1v) is 7.22. The Labute approximate surface area is 125 Å². The van der Waals surface area contributed by atoms with Gasteiger partial charge in [0, 0.05) is 6.54 Å². The zero-order valence-electron chi connectivity index (χ0n) is 12.7. The minimum Gasteiger partial charge on any atom is -0.495 e. The Morgan fingerprint density at radius 1 is 1.24 bits per heavy atom. The molecule has 0 atom stereocenters. The highest BCUT2D eigenvalue weighted by atomic mass is 16.5. The lowest BCUT2D eigenvalue weighted by molar-refractivity contribution is -0.134. The smallest absolute Gasteiger partial charge is 0.240 e. The maximum absolute atomic E-state index is 12.4. The summed E-state index contributed by atoms with van der Waals surface area (Å²) in [5.41, 5.74) is -0.316. The summed E-state index contributed by atoms with van der Waals surface area (Å²) in [4.78, 5) is 24.6. The molecule has 5 nitrogen and oxygen atoms in total. The van der Waals surface area contributed by atoms with Gasteiger partial charge in [-0.25, -0.2) is 0 Å². The third kappa shape index (κ3) is 3.35. The maximum atomic E-state index is 12.4. The third-order valence-electron chi connectivity index (χ3n) is 3.65. The average Bonchev–Trinajstić information content (AvgIpc) is 3.27. The van der Waals surface area contributed by atoms with Gasteiger partial charge in [0.2, 0.25) is 11.8 Å². The van der Waals surface area contributed by atoms with Gasteiger partial charge in [0.05, 0.1) is 12.8 Å². The molecule has 0 unspecified atom stereocenters. The molecule has 0 saturated heterocycles. The molecule has 0 spiro atoms. The number of rotatable bonds is 6. The number of carbonyl (C=O) groups is 2. The summed E-state index contributed by atoms with van der Waals surface area (Å²) in [6, 6.07) is 7.18. The highest BCUT2D eigenvalue weighted by molar-refractivity contribution is 6.13. The second-order valence-electron chi connectivity index (χ2n) is 5.84. The quantitative estimate of drug-likeness (QED) is 0.789. The van der Waals surface area contributed by atoms with E-state index < -0.39 is 5.41 Å². The Hall–Kier alpha value is -2.04. The van der Waals surface area contributed by atoms with Crippen molar-refractivity contribution in [2.24, 2.45) is 11.3 Å². The number of benzene rings is 1. The van der Waals surface area contributed by atoms with Crippen LogP contribution in [0.25, 0.3) is 0 Å². The Balaban J connectivity index is 2.04. The van der Waals surface area contributed by atoms with Crippen molar-refractivity contribution in [3.05, 3.63) is 24.3 Å². The lowest BCUT2D eigenvalue weighted by Gasteiger charge is -2.17. The van der Waals surface area contributed by atoms with Crippen LogP contribution in [-0.2, 0) is 9.59 Å². The van der Waals surface area contributed by atoms with Gasteiger partial charge < -0.3 is 15.4 Å². The van der Waals surface area contributed by atoms with E-state index >= 15 is 0 Å². The van der Waals surface area contributed by atoms with E-state index in [9.17, 15) is 9.59 Å². The topological polar surface area (TPSA) is 67.4 Å². The second kappa shape index (κ2) is 6.16. The summed E-state index contributed by atoms with van der Waals surface area (Å²) in [5, 5.41) is 5.66. The van der Waals surface area contributed by atoms with Crippen molar-refractivity contribution in [3.63, 3.8) is 0 Å². The first-order valence-electron chi connectivity index (χ1n) is 7.22. The molecule has 2 N–H and O–H groups in total. The predicted octanol–water partition coefficient (Wildman–Crippen LogP) is 2.19. The van der Waals surface area contributed by atoms with Gasteiger partial charge in [0.15, 0.2) is 0 Å². The zero-order chi connectivity index (χ0) is 15.5. The van der Waals surface area contributed by atoms with Crippen LogP contribution in [0.15, 0.2) is 24.3 Å². The molecule has 2 rings (SSSR count). The van der Waals surface area contributed by atoms with Gasteiger partial charge >= 0.3 is 0 Å². The minimum absolute atomic E-state index is 0.177. The highest BCUT2D eigenvalue weighted by Gasteiger charge is 2.56. The van der Waals surface area contributed by atoms with Gasteiger partial charge in [0.1, 0.15) is 11.2 Å². The van der Waals surface area contributed by atoms with Crippen molar-refractivity contribution in [1.82, 2.24) is 5.32 Å². The van der Waals surface area contributed by atoms with Gasteiger partial charge in [-0.2, -0.15) is 0 Å². The third-order valence-corrected chi connectivity index (χ3v) is 3.65. The van der Waals surface area contributed by atoms with Gasteiger partial charge in [-0.05, 0) is 30.9 Å². The van der Waals surface area contributed by atoms with Gasteiger partial charge in [-0.3, -0.25) is 9.59 Å². The number of nitrogens with one attached hydrogen (secondary N) is 2. The molecule has 1 aliphatic rings. The van der Waals surface area contributed by atoms with Gasteiger partial charge in [-0.1, -0.05) is 26.0 Å². The molecule has 5 heteroatoms. The first-order chi connectivity index (χ1) is 9.99. The summed E-state index contributed by atoms with van der Waals surface area (Å²) >= 11 is 0. The van der Waals surface area contributed by atoms with Crippen LogP contribution in [0.2, 0.25) is 0 Å². The molecular formula is C16H22N2O3. The fraction of sp³-hybridized carbons (Fsp3) is 0.500. The molecular weight excluding hydrogens is 268 g/mol. The van der Waals surface area contributed by atoms with Crippen LogP contribution in [0.3, 0.4) is 0 Å². The van der Waals surface area contributed by atoms with E-state index in [2.05, 4.69) is 10.6 Å². The summed E-state index contributed by atoms with van der Waals surface area (Å²) in [6.07, 6.45) is 1.19. The summed E-state index contributed by atoms with van der Waals surface area (Å²) in [7, 11) is 1.55. The van der Waals surface area contributed by atoms with Gasteiger partial charge in [0.25, 0.3) is 0 Å². The number of anilines is 1. The lowest BCUT2D eigenvalue weighted by Crippen LogP contribution is -2.41. The first kappa shape index (κ1) is 15.4. The molecule has 1 aromatic carbocycles. The average molecular weight is 290 g/mol. The molecule has 1 saturated carbocycles. The van der Waals surface area contributed by atoms with Crippen LogP contribution in [0.1, 0.15) is 26.7 Å². The van der Waals surface area contributed by atoms with E-state index in [0.717, 1.165) is 0 Å². The van der Waals surface area contributed by atoms with Crippen molar-refractivity contribution < 1.29 is 14.3 Å². The largest absolute Gasteiger partial charge is 0.495 e. The molecule has 21 heavy (non-hydrogen) atoms. The van der Waals surface area contributed by atoms with Gasteiger partial charge in [-0.15, -0.1) is 0 Å². The van der Waals surface area contributed by atoms with Crippen LogP contribution in [0.5, 0.6) is 5.75 Å². The Morgan fingerprint density at radius 3 is 2.48 bits per heavy atom. The van der Waals surface area contributed by atoms with Crippen molar-refractivity contribution in [1.29, 1.82) is 0 Å². The van der Waals surface area contributed by atoms with Crippen LogP contribution >= 0.6 is 0 Å². The van der Waals surface area contributed by atoms with Crippen LogP contribution in [0.4, 0.5) is 5.69 Å². The van der Waals surface area contributed by atoms with Crippen LogP contribution < -0.4 is 15.4 Å². The molecule has 0 aromatic heterocycles. The Kier molecular flexibility index (Phi) is 4.50. The molecule has 1 aliphatic carbocycles. The van der Waals surface area contributed by atoms with Crippen molar-refractivity contribution in [3.8, 4) is 5.75 Å². The molecule has 0 aliphatic heterocycles. The number of amides is 2. The summed E-state index contributed by atoms with van der Waals surface area (Å²) < 4.78 is 5.20. The summed E-state index contributed by atoms with van der Waals surface area (Å²) in [5.74, 6) is 0.517. The Morgan fingerprint density at radius 2 is 1.90 bits per heavy atom. The predicted molar refractivity (Wildman–Crippen MR) is 81.1 cm³/mol. The second-order valence-corrected chi connectivity index (χ2v) is 5.84. The molecule has 114 valence electrons. The molecule has 0 radical (unpaired) electrons. The normalized spacial score (nSPS) is 15.4. The van der Waals surface area contributed by atoms with Crippen LogP contribution in [0, 0.1) is 11.3 Å². The van der Waals surface area contributed by atoms with E-state index in [4.69, 9.17) is 4.74 Å². The van der Waals surface area contributed by atoms with E-state index in [-0.39, 0.29) is 11.8 Å². The van der Waals surface area contributed by atoms with E-state index in [1.54, 1.807) is 19.2 Å². The van der Waals surface area contributed by atoms with E-state index in [0.29, 0.717) is 36.7 Å². The molecule has 0 bridgehead atoms. The number of methoxy groups -OCH3 is 1. The molecule has 0 heterocycles. The van der Waals surface area contributed by atoms with Crippen molar-refractivity contribution in [2.45, 2.75) is 26.7 Å². The number of ether oxygens (including phenoxy) is 1. The van der Waals surface area contributed by atoms with Crippen molar-refractivity contribution in [2.75, 3.05) is 19.0 Å². The number of para-hydroxylation sites is 2. The molecule has 1 aromatic rings. The number of hydrogen-bond donors (Lipinski definition) is 2. The maximum Gasteiger partial charge on any atom is 0.240 e. The monoisotopic (exact) mass is 290 g/mol. The lowest BCUT2D eigenvalue weighted by atomic mass is 10.0.